The average Bonchev–Trinajstić information content (AvgIpc) is 3.10. The first-order valence-corrected chi connectivity index (χ1v) is 7.56. The van der Waals surface area contributed by atoms with Crippen LogP contribution in [0, 0.1) is 0 Å². The van der Waals surface area contributed by atoms with Crippen LogP contribution in [0.3, 0.4) is 0 Å². The molecule has 104 valence electrons. The van der Waals surface area contributed by atoms with Gasteiger partial charge in [-0.1, -0.05) is 12.8 Å². The van der Waals surface area contributed by atoms with Gasteiger partial charge in [0.2, 0.25) is 0 Å². The largest absolute Gasteiger partial charge is 0.330 e. The van der Waals surface area contributed by atoms with Crippen LogP contribution in [0.2, 0.25) is 0 Å². The number of hydrogen-bond donors (Lipinski definition) is 1. The third-order valence-electron chi connectivity index (χ3n) is 4.78. The number of imidazole rings is 1. The Labute approximate surface area is 119 Å². The predicted octanol–water partition coefficient (Wildman–Crippen LogP) is 2.24. The Morgan fingerprint density at radius 1 is 1.20 bits per heavy atom. The minimum Gasteiger partial charge on any atom is -0.330 e. The van der Waals surface area contributed by atoms with Gasteiger partial charge in [0.1, 0.15) is 0 Å². The number of nitrogens with one attached hydrogen (secondary N) is 1. The Kier molecular flexibility index (Phi) is 2.84. The fourth-order valence-electron chi connectivity index (χ4n) is 3.79. The average molecular weight is 268 g/mol. The van der Waals surface area contributed by atoms with Gasteiger partial charge < -0.3 is 9.88 Å². The van der Waals surface area contributed by atoms with Crippen molar-refractivity contribution in [1.29, 1.82) is 0 Å². The molecule has 0 atom stereocenters. The first kappa shape index (κ1) is 12.1. The van der Waals surface area contributed by atoms with Gasteiger partial charge >= 0.3 is 0 Å². The molecule has 1 spiro atoms. The maximum atomic E-state index is 4.77. The first-order chi connectivity index (χ1) is 9.87. The van der Waals surface area contributed by atoms with E-state index < -0.39 is 0 Å². The molecule has 2 aromatic rings. The van der Waals surface area contributed by atoms with Gasteiger partial charge in [-0.25, -0.2) is 4.98 Å². The number of nitrogens with zero attached hydrogens (tertiary/aromatic N) is 3. The second kappa shape index (κ2) is 4.70. The van der Waals surface area contributed by atoms with Crippen molar-refractivity contribution in [2.24, 2.45) is 0 Å². The number of rotatable bonds is 2. The van der Waals surface area contributed by atoms with Gasteiger partial charge in [0.25, 0.3) is 0 Å². The smallest absolute Gasteiger partial charge is 0.0955 e. The van der Waals surface area contributed by atoms with Crippen LogP contribution in [-0.4, -0.2) is 21.1 Å². The zero-order valence-electron chi connectivity index (χ0n) is 11.7. The van der Waals surface area contributed by atoms with Gasteiger partial charge in [-0.2, -0.15) is 0 Å². The Hall–Kier alpha value is -1.68. The summed E-state index contributed by atoms with van der Waals surface area (Å²) in [6.45, 7) is 1.98. The van der Waals surface area contributed by atoms with Crippen molar-refractivity contribution < 1.29 is 0 Å². The van der Waals surface area contributed by atoms with Crippen molar-refractivity contribution in [3.05, 3.63) is 47.8 Å². The molecule has 2 aromatic heterocycles. The second-order valence-electron chi connectivity index (χ2n) is 5.99. The summed E-state index contributed by atoms with van der Waals surface area (Å²) in [7, 11) is 0. The normalized spacial score (nSPS) is 20.2. The van der Waals surface area contributed by atoms with E-state index in [0.717, 1.165) is 19.5 Å². The quantitative estimate of drug-likeness (QED) is 0.908. The second-order valence-corrected chi connectivity index (χ2v) is 5.99. The molecule has 20 heavy (non-hydrogen) atoms. The summed E-state index contributed by atoms with van der Waals surface area (Å²) in [6, 6.07) is 4.16. The maximum Gasteiger partial charge on any atom is 0.0955 e. The molecule has 1 aliphatic carbocycles. The molecule has 0 aromatic carbocycles. The van der Waals surface area contributed by atoms with Crippen LogP contribution in [-0.2, 0) is 18.5 Å². The van der Waals surface area contributed by atoms with Gasteiger partial charge in [-0.3, -0.25) is 4.98 Å². The molecule has 0 unspecified atom stereocenters. The third kappa shape index (κ3) is 1.86. The number of aromatic nitrogens is 3. The molecule has 4 heteroatoms. The van der Waals surface area contributed by atoms with Gasteiger partial charge in [0.05, 0.1) is 17.6 Å². The highest BCUT2D eigenvalue weighted by Gasteiger charge is 2.41. The lowest BCUT2D eigenvalue weighted by Gasteiger charge is -2.34. The molecule has 3 heterocycles. The summed E-state index contributed by atoms with van der Waals surface area (Å²) < 4.78 is 2.32. The van der Waals surface area contributed by atoms with Crippen molar-refractivity contribution in [2.75, 3.05) is 6.54 Å². The van der Waals surface area contributed by atoms with Gasteiger partial charge in [0.15, 0.2) is 0 Å². The summed E-state index contributed by atoms with van der Waals surface area (Å²) in [4.78, 5) is 8.86. The van der Waals surface area contributed by atoms with Gasteiger partial charge in [0, 0.05) is 37.6 Å². The van der Waals surface area contributed by atoms with E-state index in [1.807, 2.05) is 18.7 Å². The van der Waals surface area contributed by atoms with E-state index in [-0.39, 0.29) is 5.54 Å². The maximum absolute atomic E-state index is 4.77. The summed E-state index contributed by atoms with van der Waals surface area (Å²) in [5.41, 5.74) is 4.22. The van der Waals surface area contributed by atoms with Crippen molar-refractivity contribution in [2.45, 2.75) is 44.2 Å². The summed E-state index contributed by atoms with van der Waals surface area (Å²) in [5.74, 6) is 0. The van der Waals surface area contributed by atoms with E-state index in [1.54, 1.807) is 0 Å². The zero-order valence-corrected chi connectivity index (χ0v) is 11.7. The van der Waals surface area contributed by atoms with E-state index in [2.05, 4.69) is 27.0 Å². The lowest BCUT2D eigenvalue weighted by molar-refractivity contribution is 0.312. The molecular formula is C16H20N4. The topological polar surface area (TPSA) is 42.7 Å². The molecule has 1 N–H and O–H groups in total. The van der Waals surface area contributed by atoms with Crippen LogP contribution in [0.1, 0.15) is 42.6 Å². The minimum absolute atomic E-state index is 0.178. The highest BCUT2D eigenvalue weighted by molar-refractivity contribution is 5.28. The number of fused-ring (bicyclic) bond motifs is 2. The first-order valence-electron chi connectivity index (χ1n) is 7.56. The molecule has 2 aliphatic rings. The van der Waals surface area contributed by atoms with E-state index in [9.17, 15) is 0 Å². The number of pyridine rings is 1. The Bertz CT molecular complexity index is 596. The van der Waals surface area contributed by atoms with Crippen LogP contribution in [0.25, 0.3) is 0 Å². The van der Waals surface area contributed by atoms with E-state index in [1.165, 1.54) is 42.6 Å². The molecule has 0 amide bonds. The molecular weight excluding hydrogens is 248 g/mol. The molecule has 0 bridgehead atoms. The van der Waals surface area contributed by atoms with Crippen LogP contribution < -0.4 is 5.32 Å². The molecule has 0 saturated heterocycles. The van der Waals surface area contributed by atoms with Crippen molar-refractivity contribution in [1.82, 2.24) is 19.9 Å². The zero-order chi connectivity index (χ0) is 13.4. The molecule has 4 rings (SSSR count). The summed E-state index contributed by atoms with van der Waals surface area (Å²) in [6.07, 6.45) is 12.0. The fourth-order valence-corrected chi connectivity index (χ4v) is 3.79. The predicted molar refractivity (Wildman–Crippen MR) is 77.4 cm³/mol. The Morgan fingerprint density at radius 3 is 2.80 bits per heavy atom. The van der Waals surface area contributed by atoms with E-state index >= 15 is 0 Å². The van der Waals surface area contributed by atoms with Crippen molar-refractivity contribution in [3.8, 4) is 0 Å². The van der Waals surface area contributed by atoms with Crippen molar-refractivity contribution >= 4 is 0 Å². The lowest BCUT2D eigenvalue weighted by atomic mass is 9.88. The lowest BCUT2D eigenvalue weighted by Crippen LogP contribution is -2.45. The standard InChI is InChI=1S/C16H20N4/c1-2-7-16(6-1)15-14(5-10-19-16)20(12-18-15)11-13-3-8-17-9-4-13/h3-4,8-9,12,19H,1-2,5-7,10-11H2. The highest BCUT2D eigenvalue weighted by Crippen LogP contribution is 2.41. The molecule has 1 aliphatic heterocycles. The van der Waals surface area contributed by atoms with Gasteiger partial charge in [-0.05, 0) is 30.5 Å². The molecule has 1 saturated carbocycles. The monoisotopic (exact) mass is 268 g/mol. The SMILES string of the molecule is c1cc(Cn2cnc3c2CCNC32CCCC2)ccn1. The van der Waals surface area contributed by atoms with Crippen LogP contribution in [0.15, 0.2) is 30.9 Å². The minimum atomic E-state index is 0.178. The molecule has 0 radical (unpaired) electrons. The van der Waals surface area contributed by atoms with E-state index in [4.69, 9.17) is 4.98 Å². The van der Waals surface area contributed by atoms with Crippen LogP contribution in [0.4, 0.5) is 0 Å². The summed E-state index contributed by atoms with van der Waals surface area (Å²) in [5, 5.41) is 3.74. The fraction of sp³-hybridized carbons (Fsp3) is 0.500. The highest BCUT2D eigenvalue weighted by atomic mass is 15.1. The molecule has 4 nitrogen and oxygen atoms in total. The van der Waals surface area contributed by atoms with Gasteiger partial charge in [-0.15, -0.1) is 0 Å². The van der Waals surface area contributed by atoms with E-state index in [0.29, 0.717) is 0 Å². The summed E-state index contributed by atoms with van der Waals surface area (Å²) >= 11 is 0. The van der Waals surface area contributed by atoms with Crippen LogP contribution in [0.5, 0.6) is 0 Å². The number of hydrogen-bond acceptors (Lipinski definition) is 3. The third-order valence-corrected chi connectivity index (χ3v) is 4.78. The Morgan fingerprint density at radius 2 is 2.00 bits per heavy atom. The van der Waals surface area contributed by atoms with Crippen LogP contribution >= 0.6 is 0 Å². The molecule has 1 fully saturated rings. The Balaban J connectivity index is 1.69. The van der Waals surface area contributed by atoms with Crippen molar-refractivity contribution in [3.63, 3.8) is 0 Å².